The Morgan fingerprint density at radius 3 is 2.47 bits per heavy atom. The third-order valence-corrected chi connectivity index (χ3v) is 2.90. The van der Waals surface area contributed by atoms with Gasteiger partial charge in [-0.1, -0.05) is 17.3 Å². The van der Waals surface area contributed by atoms with Crippen molar-refractivity contribution in [2.45, 2.75) is 26.1 Å². The van der Waals surface area contributed by atoms with Gasteiger partial charge in [0, 0.05) is 6.07 Å². The van der Waals surface area contributed by atoms with Gasteiger partial charge in [-0.3, -0.25) is 0 Å². The summed E-state index contributed by atoms with van der Waals surface area (Å²) in [5, 5.41) is 3.88. The second kappa shape index (κ2) is 5.32. The molecule has 0 saturated carbocycles. The number of nitrogens with two attached hydrogens (primary N) is 1. The molecule has 2 aromatic rings. The van der Waals surface area contributed by atoms with E-state index >= 15 is 0 Å². The van der Waals surface area contributed by atoms with Crippen LogP contribution < -0.4 is 10.5 Å². The maximum absolute atomic E-state index is 5.87. The van der Waals surface area contributed by atoms with E-state index in [0.29, 0.717) is 12.3 Å². The molecule has 1 aromatic carbocycles. The molecule has 0 aliphatic carbocycles. The zero-order valence-corrected chi connectivity index (χ0v) is 11.3. The highest BCUT2D eigenvalue weighted by Gasteiger charge is 2.25. The predicted octanol–water partition coefficient (Wildman–Crippen LogP) is 2.72. The third kappa shape index (κ3) is 3.26. The van der Waals surface area contributed by atoms with Gasteiger partial charge < -0.3 is 19.7 Å². The fraction of sp³-hybridized carbons (Fsp3) is 0.357. The molecule has 0 radical (unpaired) electrons. The Bertz CT molecular complexity index is 532. The van der Waals surface area contributed by atoms with Gasteiger partial charge in [0.25, 0.3) is 0 Å². The summed E-state index contributed by atoms with van der Waals surface area (Å²) in [6.45, 7) is 4.32. The Morgan fingerprint density at radius 2 is 1.95 bits per heavy atom. The van der Waals surface area contributed by atoms with Crippen LogP contribution in [0.1, 0.15) is 25.1 Å². The zero-order valence-electron chi connectivity index (χ0n) is 11.3. The molecular formula is C14H18N2O3. The monoisotopic (exact) mass is 262 g/mol. The summed E-state index contributed by atoms with van der Waals surface area (Å²) in [6.07, 6.45) is 0. The van der Waals surface area contributed by atoms with Crippen LogP contribution in [0.4, 0.5) is 5.88 Å². The van der Waals surface area contributed by atoms with Crippen molar-refractivity contribution in [1.29, 1.82) is 0 Å². The number of anilines is 1. The van der Waals surface area contributed by atoms with E-state index in [9.17, 15) is 0 Å². The summed E-state index contributed by atoms with van der Waals surface area (Å²) in [5.41, 5.74) is 6.70. The van der Waals surface area contributed by atoms with Crippen LogP contribution in [-0.4, -0.2) is 12.3 Å². The number of ether oxygens (including phenoxy) is 2. The van der Waals surface area contributed by atoms with Crippen LogP contribution >= 0.6 is 0 Å². The number of benzene rings is 1. The second-order valence-corrected chi connectivity index (χ2v) is 4.76. The minimum Gasteiger partial charge on any atom is -0.497 e. The molecule has 2 rings (SSSR count). The fourth-order valence-electron chi connectivity index (χ4n) is 1.63. The third-order valence-electron chi connectivity index (χ3n) is 2.90. The van der Waals surface area contributed by atoms with Crippen LogP contribution in [-0.2, 0) is 16.9 Å². The molecule has 1 aromatic heterocycles. The Morgan fingerprint density at radius 1 is 1.26 bits per heavy atom. The Hall–Kier alpha value is -2.01. The minimum absolute atomic E-state index is 0.288. The molecule has 0 atom stereocenters. The van der Waals surface area contributed by atoms with E-state index < -0.39 is 5.60 Å². The molecule has 19 heavy (non-hydrogen) atoms. The van der Waals surface area contributed by atoms with E-state index in [-0.39, 0.29) is 5.88 Å². The smallest absolute Gasteiger partial charge is 0.222 e. The van der Waals surface area contributed by atoms with Crippen molar-refractivity contribution < 1.29 is 14.0 Å². The lowest BCUT2D eigenvalue weighted by atomic mass is 10.1. The molecule has 0 aliphatic rings. The van der Waals surface area contributed by atoms with Gasteiger partial charge in [-0.2, -0.15) is 0 Å². The summed E-state index contributed by atoms with van der Waals surface area (Å²) in [4.78, 5) is 0. The summed E-state index contributed by atoms with van der Waals surface area (Å²) in [7, 11) is 1.64. The molecule has 1 heterocycles. The van der Waals surface area contributed by atoms with Crippen molar-refractivity contribution >= 4 is 5.88 Å². The van der Waals surface area contributed by atoms with Crippen molar-refractivity contribution in [3.63, 3.8) is 0 Å². The fourth-order valence-corrected chi connectivity index (χ4v) is 1.63. The number of hydrogen-bond donors (Lipinski definition) is 1. The zero-order chi connectivity index (χ0) is 13.9. The van der Waals surface area contributed by atoms with Gasteiger partial charge in [-0.15, -0.1) is 0 Å². The Labute approximate surface area is 112 Å². The van der Waals surface area contributed by atoms with Crippen LogP contribution in [0.25, 0.3) is 0 Å². The summed E-state index contributed by atoms with van der Waals surface area (Å²) in [5.74, 6) is 1.11. The molecule has 0 fully saturated rings. The van der Waals surface area contributed by atoms with Crippen LogP contribution in [0, 0.1) is 0 Å². The number of rotatable bonds is 5. The van der Waals surface area contributed by atoms with Gasteiger partial charge in [-0.05, 0) is 31.5 Å². The molecule has 5 nitrogen and oxygen atoms in total. The van der Waals surface area contributed by atoms with Crippen LogP contribution in [0.3, 0.4) is 0 Å². The summed E-state index contributed by atoms with van der Waals surface area (Å²) >= 11 is 0. The Balaban J connectivity index is 2.00. The lowest BCUT2D eigenvalue weighted by Gasteiger charge is -2.22. The van der Waals surface area contributed by atoms with E-state index in [1.54, 1.807) is 13.2 Å². The molecule has 0 bridgehead atoms. The normalized spacial score (nSPS) is 11.5. The van der Waals surface area contributed by atoms with Crippen molar-refractivity contribution in [1.82, 2.24) is 5.16 Å². The highest BCUT2D eigenvalue weighted by atomic mass is 16.5. The molecule has 0 unspecified atom stereocenters. The molecular weight excluding hydrogens is 244 g/mol. The van der Waals surface area contributed by atoms with E-state index in [4.69, 9.17) is 19.7 Å². The van der Waals surface area contributed by atoms with Crippen LogP contribution in [0.5, 0.6) is 5.75 Å². The molecule has 0 spiro atoms. The first-order chi connectivity index (χ1) is 9.01. The van der Waals surface area contributed by atoms with E-state index in [2.05, 4.69) is 5.16 Å². The van der Waals surface area contributed by atoms with E-state index in [0.717, 1.165) is 11.3 Å². The minimum atomic E-state index is -0.555. The van der Waals surface area contributed by atoms with Crippen LogP contribution in [0.2, 0.25) is 0 Å². The molecule has 0 saturated heterocycles. The average molecular weight is 262 g/mol. The van der Waals surface area contributed by atoms with Crippen LogP contribution in [0.15, 0.2) is 34.9 Å². The molecule has 102 valence electrons. The highest BCUT2D eigenvalue weighted by molar-refractivity contribution is 5.28. The van der Waals surface area contributed by atoms with E-state index in [1.165, 1.54) is 0 Å². The molecule has 0 aliphatic heterocycles. The van der Waals surface area contributed by atoms with E-state index in [1.807, 2.05) is 38.1 Å². The van der Waals surface area contributed by atoms with Gasteiger partial charge >= 0.3 is 0 Å². The molecule has 2 N–H and O–H groups in total. The first-order valence-corrected chi connectivity index (χ1v) is 6.01. The number of hydrogen-bond acceptors (Lipinski definition) is 5. The van der Waals surface area contributed by atoms with Crippen molar-refractivity contribution in [2.24, 2.45) is 0 Å². The topological polar surface area (TPSA) is 70.5 Å². The van der Waals surface area contributed by atoms with Gasteiger partial charge in [0.05, 0.1) is 13.7 Å². The standard InChI is InChI=1S/C14H18N2O3/c1-14(2,12-8-13(15)19-16-12)18-9-10-4-6-11(17-3)7-5-10/h4-8H,9,15H2,1-3H3. The van der Waals surface area contributed by atoms with Crippen molar-refractivity contribution in [3.8, 4) is 5.75 Å². The first kappa shape index (κ1) is 13.4. The van der Waals surface area contributed by atoms with Crippen molar-refractivity contribution in [3.05, 3.63) is 41.6 Å². The maximum atomic E-state index is 5.87. The number of methoxy groups -OCH3 is 1. The maximum Gasteiger partial charge on any atom is 0.222 e. The Kier molecular flexibility index (Phi) is 3.76. The number of nitrogens with zero attached hydrogens (tertiary/aromatic N) is 1. The molecule has 5 heteroatoms. The first-order valence-electron chi connectivity index (χ1n) is 6.01. The van der Waals surface area contributed by atoms with Crippen molar-refractivity contribution in [2.75, 3.05) is 12.8 Å². The SMILES string of the molecule is COc1ccc(COC(C)(C)c2cc(N)on2)cc1. The second-order valence-electron chi connectivity index (χ2n) is 4.76. The largest absolute Gasteiger partial charge is 0.497 e. The van der Waals surface area contributed by atoms with Gasteiger partial charge in [0.15, 0.2) is 0 Å². The average Bonchev–Trinajstić information content (AvgIpc) is 2.85. The number of nitrogen functional groups attached to an aromatic ring is 1. The molecule has 0 amide bonds. The quantitative estimate of drug-likeness (QED) is 0.897. The lowest BCUT2D eigenvalue weighted by Crippen LogP contribution is -2.21. The highest BCUT2D eigenvalue weighted by Crippen LogP contribution is 2.26. The lowest BCUT2D eigenvalue weighted by molar-refractivity contribution is -0.0384. The number of aromatic nitrogens is 1. The summed E-state index contributed by atoms with van der Waals surface area (Å²) < 4.78 is 15.8. The van der Waals surface area contributed by atoms with Gasteiger partial charge in [-0.25, -0.2) is 0 Å². The van der Waals surface area contributed by atoms with Gasteiger partial charge in [0.1, 0.15) is 17.0 Å². The predicted molar refractivity (Wildman–Crippen MR) is 71.7 cm³/mol. The van der Waals surface area contributed by atoms with Gasteiger partial charge in [0.2, 0.25) is 5.88 Å². The summed E-state index contributed by atoms with van der Waals surface area (Å²) in [6, 6.07) is 9.41.